The minimum Gasteiger partial charge on any atom is -0.454 e. The van der Waals surface area contributed by atoms with Gasteiger partial charge in [-0.15, -0.1) is 24.0 Å². The lowest BCUT2D eigenvalue weighted by molar-refractivity contribution is 0.174. The van der Waals surface area contributed by atoms with Crippen LogP contribution in [-0.2, 0) is 11.3 Å². The lowest BCUT2D eigenvalue weighted by Gasteiger charge is -2.24. The molecule has 0 aromatic heterocycles. The Morgan fingerprint density at radius 1 is 1.33 bits per heavy atom. The minimum absolute atomic E-state index is 0. The standard InChI is InChI=1S/C17H25N3O3.HI/c1-3-18-17(20(2)10-14-6-7-21-11-14)19-9-13-4-5-15-16(8-13)23-12-22-15;/h4-5,8,14H,3,6-7,9-12H2,1-2H3,(H,18,19);1H. The van der Waals surface area contributed by atoms with E-state index in [9.17, 15) is 0 Å². The first kappa shape index (κ1) is 19.1. The van der Waals surface area contributed by atoms with E-state index in [4.69, 9.17) is 19.2 Å². The van der Waals surface area contributed by atoms with Crippen LogP contribution in [0.15, 0.2) is 23.2 Å². The van der Waals surface area contributed by atoms with Crippen LogP contribution in [0.4, 0.5) is 0 Å². The Morgan fingerprint density at radius 3 is 2.92 bits per heavy atom. The van der Waals surface area contributed by atoms with E-state index in [2.05, 4.69) is 24.2 Å². The summed E-state index contributed by atoms with van der Waals surface area (Å²) < 4.78 is 16.2. The highest BCUT2D eigenvalue weighted by molar-refractivity contribution is 14.0. The largest absolute Gasteiger partial charge is 0.454 e. The average Bonchev–Trinajstić information content (AvgIpc) is 3.21. The molecule has 0 spiro atoms. The van der Waals surface area contributed by atoms with E-state index in [1.54, 1.807) is 0 Å². The van der Waals surface area contributed by atoms with Gasteiger partial charge < -0.3 is 24.4 Å². The number of aliphatic imine (C=N–C) groups is 1. The molecule has 134 valence electrons. The fourth-order valence-electron chi connectivity index (χ4n) is 2.88. The van der Waals surface area contributed by atoms with E-state index in [1.165, 1.54) is 0 Å². The number of guanidine groups is 1. The number of rotatable bonds is 5. The zero-order chi connectivity index (χ0) is 16.1. The monoisotopic (exact) mass is 447 g/mol. The fraction of sp³-hybridized carbons (Fsp3) is 0.588. The molecule has 1 N–H and O–H groups in total. The molecule has 1 aromatic rings. The molecule has 1 unspecified atom stereocenters. The summed E-state index contributed by atoms with van der Waals surface area (Å²) in [6.07, 6.45) is 1.13. The van der Waals surface area contributed by atoms with Crippen LogP contribution in [-0.4, -0.2) is 51.0 Å². The topological polar surface area (TPSA) is 55.3 Å². The van der Waals surface area contributed by atoms with E-state index in [0.29, 0.717) is 19.3 Å². The molecule has 1 fully saturated rings. The normalized spacial score (nSPS) is 19.1. The lowest BCUT2D eigenvalue weighted by atomic mass is 10.1. The molecule has 1 saturated heterocycles. The number of benzene rings is 1. The zero-order valence-electron chi connectivity index (χ0n) is 14.3. The van der Waals surface area contributed by atoms with Gasteiger partial charge in [-0.25, -0.2) is 4.99 Å². The van der Waals surface area contributed by atoms with Crippen molar-refractivity contribution in [2.75, 3.05) is 40.1 Å². The van der Waals surface area contributed by atoms with Gasteiger partial charge in [0.2, 0.25) is 6.79 Å². The molecule has 7 heteroatoms. The van der Waals surface area contributed by atoms with Gasteiger partial charge in [0.25, 0.3) is 0 Å². The van der Waals surface area contributed by atoms with Gasteiger partial charge in [0.05, 0.1) is 13.2 Å². The zero-order valence-corrected chi connectivity index (χ0v) is 16.6. The highest BCUT2D eigenvalue weighted by atomic mass is 127. The summed E-state index contributed by atoms with van der Waals surface area (Å²) in [6, 6.07) is 5.98. The molecule has 2 aliphatic rings. The Labute approximate surface area is 160 Å². The Bertz CT molecular complexity index is 562. The molecule has 2 aliphatic heterocycles. The lowest BCUT2D eigenvalue weighted by Crippen LogP contribution is -2.41. The molecule has 1 atom stereocenters. The molecule has 3 rings (SSSR count). The first-order valence-corrected chi connectivity index (χ1v) is 8.22. The predicted octanol–water partition coefficient (Wildman–Crippen LogP) is 2.47. The second kappa shape index (κ2) is 9.31. The second-order valence-electron chi connectivity index (χ2n) is 5.97. The van der Waals surface area contributed by atoms with Crippen molar-refractivity contribution in [1.29, 1.82) is 0 Å². The summed E-state index contributed by atoms with van der Waals surface area (Å²) >= 11 is 0. The first-order chi connectivity index (χ1) is 11.3. The number of fused-ring (bicyclic) bond motifs is 1. The molecule has 2 heterocycles. The minimum atomic E-state index is 0. The first-order valence-electron chi connectivity index (χ1n) is 8.22. The van der Waals surface area contributed by atoms with E-state index in [1.807, 2.05) is 18.2 Å². The molecule has 24 heavy (non-hydrogen) atoms. The van der Waals surface area contributed by atoms with Gasteiger partial charge in [-0.05, 0) is 31.0 Å². The predicted molar refractivity (Wildman–Crippen MR) is 104 cm³/mol. The smallest absolute Gasteiger partial charge is 0.231 e. The summed E-state index contributed by atoms with van der Waals surface area (Å²) in [6.45, 7) is 6.55. The molecule has 6 nitrogen and oxygen atoms in total. The van der Waals surface area contributed by atoms with Crippen LogP contribution in [0.25, 0.3) is 0 Å². The van der Waals surface area contributed by atoms with Crippen LogP contribution >= 0.6 is 24.0 Å². The quantitative estimate of drug-likeness (QED) is 0.427. The Balaban J connectivity index is 0.00000208. The van der Waals surface area contributed by atoms with Crippen LogP contribution in [0.1, 0.15) is 18.9 Å². The van der Waals surface area contributed by atoms with Gasteiger partial charge in [0.1, 0.15) is 0 Å². The summed E-state index contributed by atoms with van der Waals surface area (Å²) in [7, 11) is 2.08. The van der Waals surface area contributed by atoms with Crippen molar-refractivity contribution in [2.24, 2.45) is 10.9 Å². The molecule has 0 radical (unpaired) electrons. The number of hydrogen-bond donors (Lipinski definition) is 1. The third kappa shape index (κ3) is 4.89. The van der Waals surface area contributed by atoms with Crippen molar-refractivity contribution >= 4 is 29.9 Å². The summed E-state index contributed by atoms with van der Waals surface area (Å²) in [5.74, 6) is 3.13. The van der Waals surface area contributed by atoms with Gasteiger partial charge >= 0.3 is 0 Å². The summed E-state index contributed by atoms with van der Waals surface area (Å²) in [4.78, 5) is 6.94. The summed E-state index contributed by atoms with van der Waals surface area (Å²) in [5.41, 5.74) is 1.11. The molecule has 0 saturated carbocycles. The molecule has 0 bridgehead atoms. The van der Waals surface area contributed by atoms with Crippen molar-refractivity contribution in [3.8, 4) is 11.5 Å². The molecule has 0 amide bonds. The molecular weight excluding hydrogens is 421 g/mol. The van der Waals surface area contributed by atoms with Crippen molar-refractivity contribution in [1.82, 2.24) is 10.2 Å². The van der Waals surface area contributed by atoms with Crippen LogP contribution in [0.5, 0.6) is 11.5 Å². The number of ether oxygens (including phenoxy) is 3. The maximum atomic E-state index is 5.46. The van der Waals surface area contributed by atoms with Crippen molar-refractivity contribution < 1.29 is 14.2 Å². The van der Waals surface area contributed by atoms with Crippen LogP contribution < -0.4 is 14.8 Å². The Hall–Kier alpha value is -1.22. The van der Waals surface area contributed by atoms with E-state index in [0.717, 1.165) is 55.7 Å². The highest BCUT2D eigenvalue weighted by Crippen LogP contribution is 2.32. The Kier molecular flexibility index (Phi) is 7.41. The van der Waals surface area contributed by atoms with Gasteiger partial charge in [0, 0.05) is 32.7 Å². The number of nitrogens with one attached hydrogen (secondary N) is 1. The number of hydrogen-bond acceptors (Lipinski definition) is 4. The van der Waals surface area contributed by atoms with E-state index in [-0.39, 0.29) is 24.0 Å². The molecule has 0 aliphatic carbocycles. The van der Waals surface area contributed by atoms with Crippen LogP contribution in [0, 0.1) is 5.92 Å². The number of nitrogens with zero attached hydrogens (tertiary/aromatic N) is 2. The van der Waals surface area contributed by atoms with Crippen molar-refractivity contribution in [3.63, 3.8) is 0 Å². The van der Waals surface area contributed by atoms with E-state index >= 15 is 0 Å². The van der Waals surface area contributed by atoms with E-state index < -0.39 is 0 Å². The SMILES string of the molecule is CCNC(=NCc1ccc2c(c1)OCO2)N(C)CC1CCOC1.I. The van der Waals surface area contributed by atoms with Gasteiger partial charge in [-0.1, -0.05) is 6.07 Å². The maximum Gasteiger partial charge on any atom is 0.231 e. The molecular formula is C17H26IN3O3. The van der Waals surface area contributed by atoms with Crippen LogP contribution in [0.3, 0.4) is 0 Å². The van der Waals surface area contributed by atoms with Crippen LogP contribution in [0.2, 0.25) is 0 Å². The summed E-state index contributed by atoms with van der Waals surface area (Å²) in [5, 5.41) is 3.36. The second-order valence-corrected chi connectivity index (χ2v) is 5.97. The van der Waals surface area contributed by atoms with Gasteiger partial charge in [-0.3, -0.25) is 0 Å². The molecule has 1 aromatic carbocycles. The highest BCUT2D eigenvalue weighted by Gasteiger charge is 2.19. The maximum absolute atomic E-state index is 5.46. The third-order valence-electron chi connectivity index (χ3n) is 4.10. The third-order valence-corrected chi connectivity index (χ3v) is 4.10. The Morgan fingerprint density at radius 2 is 2.17 bits per heavy atom. The average molecular weight is 447 g/mol. The fourth-order valence-corrected chi connectivity index (χ4v) is 2.88. The van der Waals surface area contributed by atoms with Crippen molar-refractivity contribution in [3.05, 3.63) is 23.8 Å². The van der Waals surface area contributed by atoms with Gasteiger partial charge in [0.15, 0.2) is 17.5 Å². The van der Waals surface area contributed by atoms with Gasteiger partial charge in [-0.2, -0.15) is 0 Å². The van der Waals surface area contributed by atoms with Crippen molar-refractivity contribution in [2.45, 2.75) is 19.9 Å². The number of halogens is 1.